The van der Waals surface area contributed by atoms with E-state index in [0.29, 0.717) is 29.2 Å². The first kappa shape index (κ1) is 19.8. The number of hydrogen-bond acceptors (Lipinski definition) is 7. The summed E-state index contributed by atoms with van der Waals surface area (Å²) in [6, 6.07) is 5.59. The second-order valence-corrected chi connectivity index (χ2v) is 8.94. The molecule has 0 spiro atoms. The lowest BCUT2D eigenvalue weighted by Crippen LogP contribution is -2.23. The standard InChI is InChI=1S/C17H20N4O6S/c1-11-7-14(3-4-15(11)21(23)24)27-9-17(22)18-16-8-12(2)19-20(16)13-5-6-28(25,26)10-13/h3-4,7-8,13H,5-6,9-10H2,1-2H3,(H,18,22). The van der Waals surface area contributed by atoms with Crippen molar-refractivity contribution in [2.24, 2.45) is 0 Å². The fourth-order valence-corrected chi connectivity index (χ4v) is 4.80. The molecule has 1 N–H and O–H groups in total. The van der Waals surface area contributed by atoms with Crippen LogP contribution in [-0.4, -0.2) is 47.1 Å². The minimum Gasteiger partial charge on any atom is -0.484 e. The molecule has 1 aliphatic heterocycles. The number of sulfone groups is 1. The highest BCUT2D eigenvalue weighted by Gasteiger charge is 2.31. The lowest BCUT2D eigenvalue weighted by Gasteiger charge is -2.14. The third kappa shape index (κ3) is 4.47. The topological polar surface area (TPSA) is 133 Å². The molecule has 2 aromatic rings. The van der Waals surface area contributed by atoms with Crippen molar-refractivity contribution in [1.29, 1.82) is 0 Å². The van der Waals surface area contributed by atoms with Gasteiger partial charge in [-0.3, -0.25) is 14.9 Å². The number of ether oxygens (including phenoxy) is 1. The van der Waals surface area contributed by atoms with Gasteiger partial charge >= 0.3 is 0 Å². The van der Waals surface area contributed by atoms with Crippen LogP contribution in [0.4, 0.5) is 11.5 Å². The van der Waals surface area contributed by atoms with Crippen LogP contribution in [0.5, 0.6) is 5.75 Å². The normalized spacial score (nSPS) is 18.0. The predicted molar refractivity (Wildman–Crippen MR) is 101 cm³/mol. The summed E-state index contributed by atoms with van der Waals surface area (Å²) in [6.45, 7) is 3.04. The van der Waals surface area contributed by atoms with Crippen molar-refractivity contribution >= 4 is 27.2 Å². The number of carbonyl (C=O) groups is 1. The van der Waals surface area contributed by atoms with E-state index in [-0.39, 0.29) is 29.8 Å². The second kappa shape index (κ2) is 7.58. The van der Waals surface area contributed by atoms with E-state index >= 15 is 0 Å². The molecule has 2 heterocycles. The van der Waals surface area contributed by atoms with Crippen LogP contribution in [0.15, 0.2) is 24.3 Å². The highest BCUT2D eigenvalue weighted by Crippen LogP contribution is 2.27. The molecule has 1 aliphatic rings. The van der Waals surface area contributed by atoms with Crippen LogP contribution in [0.2, 0.25) is 0 Å². The van der Waals surface area contributed by atoms with E-state index in [1.165, 1.54) is 22.9 Å². The Morgan fingerprint density at radius 1 is 1.39 bits per heavy atom. The third-order valence-corrected chi connectivity index (χ3v) is 6.16. The van der Waals surface area contributed by atoms with Gasteiger partial charge in [0.25, 0.3) is 11.6 Å². The van der Waals surface area contributed by atoms with Gasteiger partial charge in [0.1, 0.15) is 11.6 Å². The SMILES string of the molecule is Cc1cc(NC(=O)COc2ccc([N+](=O)[O-])c(C)c2)n(C2CCS(=O)(=O)C2)n1. The van der Waals surface area contributed by atoms with E-state index in [1.807, 2.05) is 0 Å². The number of anilines is 1. The zero-order chi connectivity index (χ0) is 20.5. The first-order valence-corrected chi connectivity index (χ1v) is 10.4. The van der Waals surface area contributed by atoms with E-state index in [0.717, 1.165) is 0 Å². The number of aryl methyl sites for hydroxylation is 2. The molecule has 1 amide bonds. The quantitative estimate of drug-likeness (QED) is 0.569. The Labute approximate surface area is 161 Å². The highest BCUT2D eigenvalue weighted by molar-refractivity contribution is 7.91. The molecule has 28 heavy (non-hydrogen) atoms. The maximum atomic E-state index is 12.2. The van der Waals surface area contributed by atoms with E-state index in [1.54, 1.807) is 19.9 Å². The average Bonchev–Trinajstić information content (AvgIpc) is 3.14. The van der Waals surface area contributed by atoms with Crippen molar-refractivity contribution < 1.29 is 22.9 Å². The number of rotatable bonds is 6. The summed E-state index contributed by atoms with van der Waals surface area (Å²) in [4.78, 5) is 22.6. The van der Waals surface area contributed by atoms with Crippen molar-refractivity contribution in [1.82, 2.24) is 9.78 Å². The van der Waals surface area contributed by atoms with Crippen LogP contribution in [0, 0.1) is 24.0 Å². The summed E-state index contributed by atoms with van der Waals surface area (Å²) < 4.78 is 30.4. The molecule has 1 saturated heterocycles. The zero-order valence-electron chi connectivity index (χ0n) is 15.4. The van der Waals surface area contributed by atoms with Crippen molar-refractivity contribution in [3.63, 3.8) is 0 Å². The lowest BCUT2D eigenvalue weighted by molar-refractivity contribution is -0.385. The Hall–Kier alpha value is -2.95. The number of nitrogens with one attached hydrogen (secondary N) is 1. The van der Waals surface area contributed by atoms with Crippen LogP contribution in [0.1, 0.15) is 23.7 Å². The molecule has 1 aromatic carbocycles. The summed E-state index contributed by atoms with van der Waals surface area (Å²) in [7, 11) is -3.09. The van der Waals surface area contributed by atoms with Crippen molar-refractivity contribution in [3.05, 3.63) is 45.6 Å². The summed E-state index contributed by atoms with van der Waals surface area (Å²) in [5.74, 6) is 0.401. The maximum Gasteiger partial charge on any atom is 0.272 e. The van der Waals surface area contributed by atoms with Gasteiger partial charge in [-0.15, -0.1) is 0 Å². The minimum absolute atomic E-state index is 0.00440. The fraction of sp³-hybridized carbons (Fsp3) is 0.412. The van der Waals surface area contributed by atoms with Gasteiger partial charge in [-0.2, -0.15) is 5.10 Å². The minimum atomic E-state index is -3.09. The van der Waals surface area contributed by atoms with Gasteiger partial charge in [0.15, 0.2) is 16.4 Å². The molecule has 0 radical (unpaired) electrons. The molecule has 1 fully saturated rings. The molecular weight excluding hydrogens is 388 g/mol. The summed E-state index contributed by atoms with van der Waals surface area (Å²) >= 11 is 0. The molecular formula is C17H20N4O6S. The molecule has 3 rings (SSSR count). The largest absolute Gasteiger partial charge is 0.484 e. The molecule has 1 unspecified atom stereocenters. The van der Waals surface area contributed by atoms with E-state index in [9.17, 15) is 23.3 Å². The molecule has 150 valence electrons. The van der Waals surface area contributed by atoms with Crippen LogP contribution >= 0.6 is 0 Å². The average molecular weight is 408 g/mol. The van der Waals surface area contributed by atoms with Crippen molar-refractivity contribution in [2.75, 3.05) is 23.4 Å². The van der Waals surface area contributed by atoms with Gasteiger partial charge < -0.3 is 10.1 Å². The third-order valence-electron chi connectivity index (χ3n) is 4.41. The van der Waals surface area contributed by atoms with Gasteiger partial charge in [-0.1, -0.05) is 0 Å². The molecule has 0 saturated carbocycles. The van der Waals surface area contributed by atoms with E-state index < -0.39 is 20.7 Å². The zero-order valence-corrected chi connectivity index (χ0v) is 16.2. The summed E-state index contributed by atoms with van der Waals surface area (Å²) in [6.07, 6.45) is 0.449. The van der Waals surface area contributed by atoms with Crippen LogP contribution in [0.25, 0.3) is 0 Å². The number of aromatic nitrogens is 2. The van der Waals surface area contributed by atoms with Crippen molar-refractivity contribution in [3.8, 4) is 5.75 Å². The smallest absolute Gasteiger partial charge is 0.272 e. The summed E-state index contributed by atoms with van der Waals surface area (Å²) in [5.41, 5.74) is 1.06. The number of amides is 1. The van der Waals surface area contributed by atoms with Gasteiger partial charge in [0, 0.05) is 17.7 Å². The second-order valence-electron chi connectivity index (χ2n) is 6.71. The highest BCUT2D eigenvalue weighted by atomic mass is 32.2. The number of nitro benzene ring substituents is 1. The Bertz CT molecular complexity index is 1030. The number of benzene rings is 1. The van der Waals surface area contributed by atoms with Gasteiger partial charge in [-0.05, 0) is 32.4 Å². The first-order chi connectivity index (χ1) is 13.1. The molecule has 1 aromatic heterocycles. The lowest BCUT2D eigenvalue weighted by atomic mass is 10.2. The Balaban J connectivity index is 1.64. The van der Waals surface area contributed by atoms with Gasteiger partial charge in [-0.25, -0.2) is 13.1 Å². The van der Waals surface area contributed by atoms with Crippen LogP contribution in [-0.2, 0) is 14.6 Å². The molecule has 0 bridgehead atoms. The molecule has 0 aliphatic carbocycles. The van der Waals surface area contributed by atoms with Gasteiger partial charge in [0.2, 0.25) is 0 Å². The summed E-state index contributed by atoms with van der Waals surface area (Å²) in [5, 5.41) is 17.8. The monoisotopic (exact) mass is 408 g/mol. The number of nitro groups is 1. The Morgan fingerprint density at radius 3 is 2.75 bits per heavy atom. The first-order valence-electron chi connectivity index (χ1n) is 8.59. The molecule has 10 nitrogen and oxygen atoms in total. The number of nitrogens with zero attached hydrogens (tertiary/aromatic N) is 3. The number of hydrogen-bond donors (Lipinski definition) is 1. The van der Waals surface area contributed by atoms with E-state index in [2.05, 4.69) is 10.4 Å². The van der Waals surface area contributed by atoms with Gasteiger partial charge in [0.05, 0.1) is 28.2 Å². The maximum absolute atomic E-state index is 12.2. The Kier molecular flexibility index (Phi) is 5.36. The van der Waals surface area contributed by atoms with Crippen LogP contribution < -0.4 is 10.1 Å². The van der Waals surface area contributed by atoms with E-state index in [4.69, 9.17) is 4.74 Å². The molecule has 1 atom stereocenters. The predicted octanol–water partition coefficient (Wildman–Crippen LogP) is 1.79. The molecule has 11 heteroatoms. The fourth-order valence-electron chi connectivity index (χ4n) is 3.11. The van der Waals surface area contributed by atoms with Crippen molar-refractivity contribution in [2.45, 2.75) is 26.3 Å². The Morgan fingerprint density at radius 2 is 2.14 bits per heavy atom. The van der Waals surface area contributed by atoms with Crippen LogP contribution in [0.3, 0.4) is 0 Å². The number of carbonyl (C=O) groups excluding carboxylic acids is 1.